The highest BCUT2D eigenvalue weighted by Crippen LogP contribution is 2.16. The maximum absolute atomic E-state index is 13.5. The molecule has 0 saturated heterocycles. The molecule has 0 aliphatic rings. The molecule has 110 valence electrons. The van der Waals surface area contributed by atoms with Gasteiger partial charge in [0.1, 0.15) is 18.2 Å². The lowest BCUT2D eigenvalue weighted by atomic mass is 10.2. The van der Waals surface area contributed by atoms with Gasteiger partial charge in [-0.2, -0.15) is 0 Å². The molecular weight excluding hydrogens is 277 g/mol. The molecule has 0 aromatic heterocycles. The van der Waals surface area contributed by atoms with Gasteiger partial charge in [0.25, 0.3) is 0 Å². The zero-order valence-electron chi connectivity index (χ0n) is 12.1. The number of likely N-dealkylation sites (N-methyl/N-ethyl adjacent to an activating group) is 1. The Kier molecular flexibility index (Phi) is 8.10. The average Bonchev–Trinajstić information content (AvgIpc) is 2.43. The highest BCUT2D eigenvalue weighted by molar-refractivity contribution is 6.18. The summed E-state index contributed by atoms with van der Waals surface area (Å²) >= 11 is 5.55. The van der Waals surface area contributed by atoms with Gasteiger partial charge in [-0.1, -0.05) is 25.7 Å². The summed E-state index contributed by atoms with van der Waals surface area (Å²) in [6, 6.07) is 4.54. The molecule has 1 aromatic rings. The van der Waals surface area contributed by atoms with Crippen LogP contribution in [0.2, 0.25) is 0 Å². The Morgan fingerprint density at radius 1 is 1.25 bits per heavy atom. The molecule has 0 unspecified atom stereocenters. The smallest absolute Gasteiger partial charge is 0.128 e. The van der Waals surface area contributed by atoms with E-state index in [-0.39, 0.29) is 5.82 Å². The lowest BCUT2D eigenvalue weighted by Crippen LogP contribution is -2.27. The Morgan fingerprint density at radius 2 is 2.00 bits per heavy atom. The van der Waals surface area contributed by atoms with Gasteiger partial charge in [0.05, 0.1) is 0 Å². The molecule has 0 bridgehead atoms. The summed E-state index contributed by atoms with van der Waals surface area (Å²) in [7, 11) is 0. The van der Waals surface area contributed by atoms with Crippen LogP contribution in [-0.2, 0) is 0 Å². The van der Waals surface area contributed by atoms with Crippen LogP contribution >= 0.6 is 11.6 Å². The fraction of sp³-hybridized carbons (Fsp3) is 0.500. The molecule has 0 spiro atoms. The lowest BCUT2D eigenvalue weighted by molar-refractivity contribution is 0.222. The lowest BCUT2D eigenvalue weighted by Gasteiger charge is -2.18. The van der Waals surface area contributed by atoms with Gasteiger partial charge in [-0.25, -0.2) is 4.39 Å². The van der Waals surface area contributed by atoms with Gasteiger partial charge in [-0.15, -0.1) is 11.6 Å². The zero-order chi connectivity index (χ0) is 14.8. The second-order valence-electron chi connectivity index (χ2n) is 4.29. The summed E-state index contributed by atoms with van der Waals surface area (Å²) in [6.07, 6.45) is 0.593. The number of ether oxygens (including phenoxy) is 1. The van der Waals surface area contributed by atoms with E-state index >= 15 is 0 Å². The van der Waals surface area contributed by atoms with E-state index in [0.717, 1.165) is 19.6 Å². The first-order chi connectivity index (χ1) is 9.69. The van der Waals surface area contributed by atoms with Crippen LogP contribution in [0.1, 0.15) is 25.8 Å². The Morgan fingerprint density at radius 3 is 2.65 bits per heavy atom. The summed E-state index contributed by atoms with van der Waals surface area (Å²) in [5.41, 5.74) is 0.618. The minimum Gasteiger partial charge on any atom is -0.492 e. The Balaban J connectivity index is 2.60. The van der Waals surface area contributed by atoms with Crippen molar-refractivity contribution >= 4 is 11.6 Å². The monoisotopic (exact) mass is 297 g/mol. The summed E-state index contributed by atoms with van der Waals surface area (Å²) in [5.74, 6) is 6.44. The van der Waals surface area contributed by atoms with Crippen LogP contribution in [0.5, 0.6) is 5.75 Å². The number of hydrogen-bond donors (Lipinski definition) is 0. The summed E-state index contributed by atoms with van der Waals surface area (Å²) < 4.78 is 19.1. The average molecular weight is 298 g/mol. The quantitative estimate of drug-likeness (QED) is 0.564. The maximum Gasteiger partial charge on any atom is 0.128 e. The second kappa shape index (κ2) is 9.63. The molecule has 0 saturated carbocycles. The highest BCUT2D eigenvalue weighted by Gasteiger charge is 2.02. The first kappa shape index (κ1) is 16.8. The molecule has 0 radical (unpaired) electrons. The van der Waals surface area contributed by atoms with E-state index in [2.05, 4.69) is 30.6 Å². The van der Waals surface area contributed by atoms with Gasteiger partial charge in [0.2, 0.25) is 0 Å². The van der Waals surface area contributed by atoms with Crippen molar-refractivity contribution in [3.05, 3.63) is 29.6 Å². The van der Waals surface area contributed by atoms with Crippen molar-refractivity contribution in [2.45, 2.75) is 20.3 Å². The van der Waals surface area contributed by atoms with E-state index in [1.807, 2.05) is 0 Å². The van der Waals surface area contributed by atoms with E-state index in [9.17, 15) is 4.39 Å². The van der Waals surface area contributed by atoms with Crippen molar-refractivity contribution in [3.8, 4) is 17.6 Å². The van der Waals surface area contributed by atoms with Gasteiger partial charge in [0.15, 0.2) is 0 Å². The van der Waals surface area contributed by atoms with Gasteiger partial charge in [0, 0.05) is 30.5 Å². The van der Waals surface area contributed by atoms with E-state index in [0.29, 0.717) is 30.2 Å². The van der Waals surface area contributed by atoms with Crippen molar-refractivity contribution in [3.63, 3.8) is 0 Å². The molecule has 0 atom stereocenters. The molecule has 1 aromatic carbocycles. The van der Waals surface area contributed by atoms with E-state index < -0.39 is 0 Å². The SMILES string of the molecule is CCN(CC)CCOc1cc(F)cc(C#CCCCl)c1. The van der Waals surface area contributed by atoms with Crippen LogP contribution in [0.4, 0.5) is 4.39 Å². The van der Waals surface area contributed by atoms with Gasteiger partial charge in [-0.05, 0) is 25.2 Å². The number of rotatable bonds is 7. The molecular formula is C16H21ClFNO. The predicted molar refractivity (Wildman–Crippen MR) is 81.9 cm³/mol. The fourth-order valence-corrected chi connectivity index (χ4v) is 1.86. The number of nitrogens with zero attached hydrogens (tertiary/aromatic N) is 1. The second-order valence-corrected chi connectivity index (χ2v) is 4.67. The zero-order valence-corrected chi connectivity index (χ0v) is 12.8. The van der Waals surface area contributed by atoms with Crippen LogP contribution < -0.4 is 4.74 Å². The molecule has 20 heavy (non-hydrogen) atoms. The standard InChI is InChI=1S/C16H21ClFNO/c1-3-19(4-2)9-10-20-16-12-14(7-5-6-8-17)11-15(18)13-16/h11-13H,3-4,6,8-10H2,1-2H3. The van der Waals surface area contributed by atoms with Crippen LogP contribution in [0.3, 0.4) is 0 Å². The predicted octanol–water partition coefficient (Wildman–Crippen LogP) is 3.53. The van der Waals surface area contributed by atoms with Gasteiger partial charge < -0.3 is 9.64 Å². The fourth-order valence-electron chi connectivity index (χ4n) is 1.76. The third-order valence-electron chi connectivity index (χ3n) is 2.89. The number of halogens is 2. The molecule has 0 N–H and O–H groups in total. The molecule has 0 amide bonds. The topological polar surface area (TPSA) is 12.5 Å². The molecule has 0 fully saturated rings. The van der Waals surface area contributed by atoms with E-state index in [1.54, 1.807) is 6.07 Å². The van der Waals surface area contributed by atoms with Crippen LogP contribution in [-0.4, -0.2) is 37.0 Å². The molecule has 2 nitrogen and oxygen atoms in total. The Bertz CT molecular complexity index is 463. The Hall–Kier alpha value is -1.24. The molecule has 4 heteroatoms. The third-order valence-corrected chi connectivity index (χ3v) is 3.08. The van der Waals surface area contributed by atoms with E-state index in [1.165, 1.54) is 12.1 Å². The van der Waals surface area contributed by atoms with Crippen molar-refractivity contribution in [2.75, 3.05) is 32.1 Å². The van der Waals surface area contributed by atoms with Gasteiger partial charge in [-0.3, -0.25) is 0 Å². The van der Waals surface area contributed by atoms with Crippen molar-refractivity contribution in [1.82, 2.24) is 4.90 Å². The van der Waals surface area contributed by atoms with Crippen LogP contribution in [0.15, 0.2) is 18.2 Å². The molecule has 1 rings (SSSR count). The first-order valence-corrected chi connectivity index (χ1v) is 7.43. The van der Waals surface area contributed by atoms with E-state index in [4.69, 9.17) is 16.3 Å². The van der Waals surface area contributed by atoms with Crippen LogP contribution in [0, 0.1) is 17.7 Å². The Labute approximate surface area is 125 Å². The first-order valence-electron chi connectivity index (χ1n) is 6.90. The molecule has 0 aliphatic carbocycles. The normalized spacial score (nSPS) is 10.2. The molecule has 0 aliphatic heterocycles. The van der Waals surface area contributed by atoms with Crippen molar-refractivity contribution in [2.24, 2.45) is 0 Å². The molecule has 0 heterocycles. The van der Waals surface area contributed by atoms with Crippen molar-refractivity contribution < 1.29 is 9.13 Å². The minimum atomic E-state index is -0.333. The summed E-state index contributed by atoms with van der Waals surface area (Å²) in [6.45, 7) is 7.55. The highest BCUT2D eigenvalue weighted by atomic mass is 35.5. The van der Waals surface area contributed by atoms with Crippen LogP contribution in [0.25, 0.3) is 0 Å². The number of alkyl halides is 1. The maximum atomic E-state index is 13.5. The minimum absolute atomic E-state index is 0.333. The number of benzene rings is 1. The summed E-state index contributed by atoms with van der Waals surface area (Å²) in [5, 5.41) is 0. The van der Waals surface area contributed by atoms with Gasteiger partial charge >= 0.3 is 0 Å². The van der Waals surface area contributed by atoms with Crippen molar-refractivity contribution in [1.29, 1.82) is 0 Å². The largest absolute Gasteiger partial charge is 0.492 e. The number of hydrogen-bond acceptors (Lipinski definition) is 2. The summed E-state index contributed by atoms with van der Waals surface area (Å²) in [4.78, 5) is 2.25. The third kappa shape index (κ3) is 6.27.